The van der Waals surface area contributed by atoms with Gasteiger partial charge in [0.25, 0.3) is 0 Å². The lowest BCUT2D eigenvalue weighted by atomic mass is 10.1. The zero-order valence-electron chi connectivity index (χ0n) is 10.3. The van der Waals surface area contributed by atoms with Gasteiger partial charge in [0.05, 0.1) is 11.6 Å². The minimum absolute atomic E-state index is 0.0710. The maximum Gasteiger partial charge on any atom is 0.234 e. The molecule has 1 aliphatic rings. The number of para-hydroxylation sites is 1. The van der Waals surface area contributed by atoms with Crippen LogP contribution in [0.1, 0.15) is 13.3 Å². The second kappa shape index (κ2) is 5.31. The van der Waals surface area contributed by atoms with Crippen molar-refractivity contribution in [3.8, 4) is 0 Å². The maximum atomic E-state index is 13.7. The molecule has 2 unspecified atom stereocenters. The molecule has 3 nitrogen and oxygen atoms in total. The minimum atomic E-state index is -0.376. The summed E-state index contributed by atoms with van der Waals surface area (Å²) in [7, 11) is 0. The molecule has 1 amide bonds. The second-order valence-electron chi connectivity index (χ2n) is 4.42. The number of carbonyl (C=O) groups is 1. The molecule has 96 valence electrons. The number of halogens is 1. The van der Waals surface area contributed by atoms with Crippen molar-refractivity contribution >= 4 is 11.6 Å². The van der Waals surface area contributed by atoms with E-state index >= 15 is 0 Å². The molecule has 0 saturated carbocycles. The molecule has 2 N–H and O–H groups in total. The quantitative estimate of drug-likeness (QED) is 0.832. The van der Waals surface area contributed by atoms with Crippen LogP contribution in [0, 0.1) is 11.7 Å². The molecule has 2 atom stereocenters. The molecule has 4 heteroatoms. The van der Waals surface area contributed by atoms with Gasteiger partial charge in [0, 0.05) is 12.6 Å². The highest BCUT2D eigenvalue weighted by Gasteiger charge is 2.28. The smallest absolute Gasteiger partial charge is 0.234 e. The number of nitrogens with zero attached hydrogens (tertiary/aromatic N) is 1. The van der Waals surface area contributed by atoms with Crippen LogP contribution in [0.3, 0.4) is 0 Å². The van der Waals surface area contributed by atoms with E-state index in [2.05, 4.69) is 0 Å². The van der Waals surface area contributed by atoms with Gasteiger partial charge in [-0.15, -0.1) is 0 Å². The van der Waals surface area contributed by atoms with Crippen LogP contribution >= 0.6 is 0 Å². The fraction of sp³-hybridized carbons (Fsp3) is 0.357. The number of amides is 1. The molecule has 0 aromatic heterocycles. The first-order chi connectivity index (χ1) is 8.63. The monoisotopic (exact) mass is 248 g/mol. The lowest BCUT2D eigenvalue weighted by Crippen LogP contribution is -2.36. The van der Waals surface area contributed by atoms with Crippen LogP contribution in [-0.4, -0.2) is 18.5 Å². The Morgan fingerprint density at radius 1 is 1.44 bits per heavy atom. The average Bonchev–Trinajstić information content (AvgIpc) is 2.79. The van der Waals surface area contributed by atoms with Gasteiger partial charge < -0.3 is 10.6 Å². The first kappa shape index (κ1) is 12.8. The van der Waals surface area contributed by atoms with Crippen molar-refractivity contribution in [1.82, 2.24) is 0 Å². The van der Waals surface area contributed by atoms with Crippen LogP contribution in [0.15, 0.2) is 36.4 Å². The van der Waals surface area contributed by atoms with E-state index in [1.54, 1.807) is 18.2 Å². The van der Waals surface area contributed by atoms with Crippen LogP contribution in [0.25, 0.3) is 0 Å². The molecular formula is C14H17FN2O. The highest BCUT2D eigenvalue weighted by Crippen LogP contribution is 2.24. The Bertz CT molecular complexity index is 473. The zero-order valence-corrected chi connectivity index (χ0v) is 10.3. The molecule has 1 aliphatic carbocycles. The summed E-state index contributed by atoms with van der Waals surface area (Å²) in [5.74, 6) is -0.703. The molecule has 0 fully saturated rings. The predicted molar refractivity (Wildman–Crippen MR) is 69.6 cm³/mol. The largest absolute Gasteiger partial charge is 0.324 e. The third-order valence-electron chi connectivity index (χ3n) is 3.16. The standard InChI is InChI=1S/C14H17FN2O/c1-2-17(13-6-4-3-5-12(13)15)14(18)10-7-8-11(16)9-10/h3-8,10-11H,2,9,16H2,1H3. The third kappa shape index (κ3) is 2.43. The van der Waals surface area contributed by atoms with E-state index in [4.69, 9.17) is 5.73 Å². The van der Waals surface area contributed by atoms with Crippen LogP contribution in [-0.2, 0) is 4.79 Å². The van der Waals surface area contributed by atoms with Crippen molar-refractivity contribution in [1.29, 1.82) is 0 Å². The van der Waals surface area contributed by atoms with Crippen molar-refractivity contribution in [3.63, 3.8) is 0 Å². The van der Waals surface area contributed by atoms with E-state index in [-0.39, 0.29) is 23.7 Å². The molecule has 0 radical (unpaired) electrons. The van der Waals surface area contributed by atoms with Crippen LogP contribution in [0.5, 0.6) is 0 Å². The first-order valence-electron chi connectivity index (χ1n) is 6.13. The summed E-state index contributed by atoms with van der Waals surface area (Å²) >= 11 is 0. The van der Waals surface area contributed by atoms with Gasteiger partial charge in [0.2, 0.25) is 5.91 Å². The Kier molecular flexibility index (Phi) is 3.77. The van der Waals surface area contributed by atoms with Crippen molar-refractivity contribution in [3.05, 3.63) is 42.2 Å². The Labute approximate surface area is 106 Å². The summed E-state index contributed by atoms with van der Waals surface area (Å²) in [6.07, 6.45) is 4.25. The minimum Gasteiger partial charge on any atom is -0.324 e. The van der Waals surface area contributed by atoms with E-state index in [1.165, 1.54) is 11.0 Å². The van der Waals surface area contributed by atoms with Gasteiger partial charge in [-0.25, -0.2) is 4.39 Å². The summed E-state index contributed by atoms with van der Waals surface area (Å²) in [5, 5.41) is 0. The summed E-state index contributed by atoms with van der Waals surface area (Å²) in [5.41, 5.74) is 6.07. The normalized spacial score (nSPS) is 22.2. The van der Waals surface area contributed by atoms with E-state index in [1.807, 2.05) is 19.1 Å². The summed E-state index contributed by atoms with van der Waals surface area (Å²) in [6, 6.07) is 6.25. The topological polar surface area (TPSA) is 46.3 Å². The van der Waals surface area contributed by atoms with Gasteiger partial charge >= 0.3 is 0 Å². The molecule has 0 saturated heterocycles. The van der Waals surface area contributed by atoms with Gasteiger partial charge in [-0.3, -0.25) is 4.79 Å². The Hall–Kier alpha value is -1.68. The molecule has 2 rings (SSSR count). The molecule has 0 heterocycles. The Morgan fingerprint density at radius 3 is 2.72 bits per heavy atom. The van der Waals surface area contributed by atoms with Crippen LogP contribution in [0.4, 0.5) is 10.1 Å². The number of benzene rings is 1. The summed E-state index contributed by atoms with van der Waals surface area (Å²) < 4.78 is 13.7. The van der Waals surface area contributed by atoms with Crippen LogP contribution < -0.4 is 10.6 Å². The summed E-state index contributed by atoms with van der Waals surface area (Å²) in [4.78, 5) is 13.8. The number of hydrogen-bond donors (Lipinski definition) is 1. The summed E-state index contributed by atoms with van der Waals surface area (Å²) in [6.45, 7) is 2.28. The second-order valence-corrected chi connectivity index (χ2v) is 4.42. The maximum absolute atomic E-state index is 13.7. The van der Waals surface area contributed by atoms with Gasteiger partial charge in [0.1, 0.15) is 5.82 Å². The first-order valence-corrected chi connectivity index (χ1v) is 6.13. The predicted octanol–water partition coefficient (Wildman–Crippen LogP) is 2.08. The number of carbonyl (C=O) groups excluding carboxylic acids is 1. The van der Waals surface area contributed by atoms with E-state index in [0.717, 1.165) is 0 Å². The molecule has 0 aliphatic heterocycles. The van der Waals surface area contributed by atoms with Crippen molar-refractivity contribution < 1.29 is 9.18 Å². The number of nitrogens with two attached hydrogens (primary N) is 1. The van der Waals surface area contributed by atoms with E-state index in [9.17, 15) is 9.18 Å². The average molecular weight is 248 g/mol. The van der Waals surface area contributed by atoms with Crippen molar-refractivity contribution in [2.75, 3.05) is 11.4 Å². The molecule has 1 aromatic carbocycles. The van der Waals surface area contributed by atoms with Gasteiger partial charge in [0.15, 0.2) is 0 Å². The molecule has 0 bridgehead atoms. The van der Waals surface area contributed by atoms with Gasteiger partial charge in [-0.1, -0.05) is 24.3 Å². The highest BCUT2D eigenvalue weighted by molar-refractivity contribution is 5.96. The SMILES string of the molecule is CCN(C(=O)C1C=CC(N)C1)c1ccccc1F. The van der Waals surface area contributed by atoms with Crippen molar-refractivity contribution in [2.45, 2.75) is 19.4 Å². The fourth-order valence-electron chi connectivity index (χ4n) is 2.23. The van der Waals surface area contributed by atoms with E-state index in [0.29, 0.717) is 18.7 Å². The molecule has 1 aromatic rings. The third-order valence-corrected chi connectivity index (χ3v) is 3.16. The molecule has 18 heavy (non-hydrogen) atoms. The lowest BCUT2D eigenvalue weighted by Gasteiger charge is -2.24. The zero-order chi connectivity index (χ0) is 13.1. The lowest BCUT2D eigenvalue weighted by molar-refractivity contribution is -0.121. The number of rotatable bonds is 3. The van der Waals surface area contributed by atoms with E-state index < -0.39 is 0 Å². The highest BCUT2D eigenvalue weighted by atomic mass is 19.1. The van der Waals surface area contributed by atoms with Crippen molar-refractivity contribution in [2.24, 2.45) is 11.7 Å². The van der Waals surface area contributed by atoms with Gasteiger partial charge in [-0.2, -0.15) is 0 Å². The van der Waals surface area contributed by atoms with Gasteiger partial charge in [-0.05, 0) is 25.5 Å². The Balaban J connectivity index is 2.22. The molecular weight excluding hydrogens is 231 g/mol. The Morgan fingerprint density at radius 2 is 2.17 bits per heavy atom. The number of anilines is 1. The fourth-order valence-corrected chi connectivity index (χ4v) is 2.23. The van der Waals surface area contributed by atoms with Crippen LogP contribution in [0.2, 0.25) is 0 Å². The molecule has 0 spiro atoms. The number of hydrogen-bond acceptors (Lipinski definition) is 2.